The van der Waals surface area contributed by atoms with Crippen molar-refractivity contribution in [3.05, 3.63) is 19.8 Å². The molecule has 0 saturated carbocycles. The summed E-state index contributed by atoms with van der Waals surface area (Å²) in [5.74, 6) is 0. The summed E-state index contributed by atoms with van der Waals surface area (Å²) in [5.41, 5.74) is 0. The molecular weight excluding hydrogens is 322 g/mol. The predicted molar refractivity (Wildman–Crippen MR) is 77.0 cm³/mol. The molecule has 0 amide bonds. The maximum atomic E-state index is 6.12. The molecule has 17 heavy (non-hydrogen) atoms. The van der Waals surface area contributed by atoms with E-state index in [-0.39, 0.29) is 6.04 Å². The summed E-state index contributed by atoms with van der Waals surface area (Å²) >= 11 is 11.2. The number of thiophene rings is 1. The third-order valence-corrected chi connectivity index (χ3v) is 5.48. The third-order valence-electron chi connectivity index (χ3n) is 2.92. The van der Waals surface area contributed by atoms with E-state index >= 15 is 0 Å². The fourth-order valence-corrected chi connectivity index (χ4v) is 3.96. The first-order chi connectivity index (χ1) is 8.22. The molecule has 1 aromatic heterocycles. The Morgan fingerprint density at radius 2 is 2.53 bits per heavy atom. The Balaban J connectivity index is 2.13. The van der Waals surface area contributed by atoms with Gasteiger partial charge in [0.1, 0.15) is 4.34 Å². The zero-order valence-corrected chi connectivity index (χ0v) is 13.0. The van der Waals surface area contributed by atoms with E-state index < -0.39 is 0 Å². The minimum absolute atomic E-state index is 0.284. The molecule has 0 aliphatic carbocycles. The maximum Gasteiger partial charge on any atom is 0.107 e. The second-order valence-corrected chi connectivity index (χ2v) is 6.79. The van der Waals surface area contributed by atoms with Gasteiger partial charge in [0.15, 0.2) is 0 Å². The predicted octanol–water partition coefficient (Wildman–Crippen LogP) is 4.38. The Labute approximate surface area is 120 Å². The van der Waals surface area contributed by atoms with E-state index in [1.54, 1.807) is 11.3 Å². The number of rotatable bonds is 5. The van der Waals surface area contributed by atoms with Gasteiger partial charge in [-0.05, 0) is 47.8 Å². The van der Waals surface area contributed by atoms with Crippen LogP contribution in [-0.4, -0.2) is 19.3 Å². The molecule has 1 N–H and O–H groups in total. The topological polar surface area (TPSA) is 21.3 Å². The van der Waals surface area contributed by atoms with Crippen molar-refractivity contribution in [2.45, 2.75) is 38.3 Å². The van der Waals surface area contributed by atoms with Crippen molar-refractivity contribution in [3.63, 3.8) is 0 Å². The lowest BCUT2D eigenvalue weighted by Gasteiger charge is -2.23. The van der Waals surface area contributed by atoms with E-state index in [0.717, 1.165) is 41.2 Å². The van der Waals surface area contributed by atoms with Crippen LogP contribution in [0.25, 0.3) is 0 Å². The van der Waals surface area contributed by atoms with Gasteiger partial charge in [0.05, 0.1) is 12.1 Å². The fourth-order valence-electron chi connectivity index (χ4n) is 2.10. The minimum Gasteiger partial charge on any atom is -0.376 e. The summed E-state index contributed by atoms with van der Waals surface area (Å²) in [6, 6.07) is 2.40. The lowest BCUT2D eigenvalue weighted by atomic mass is 10.1. The second-order valence-electron chi connectivity index (χ2n) is 4.25. The first kappa shape index (κ1) is 13.8. The molecule has 1 aromatic rings. The normalized spacial score (nSPS) is 21.9. The summed E-state index contributed by atoms with van der Waals surface area (Å²) in [6.45, 7) is 4.07. The monoisotopic (exact) mass is 337 g/mol. The van der Waals surface area contributed by atoms with E-state index in [9.17, 15) is 0 Å². The molecule has 2 nitrogen and oxygen atoms in total. The number of hydrogen-bond donors (Lipinski definition) is 1. The second kappa shape index (κ2) is 6.53. The zero-order valence-electron chi connectivity index (χ0n) is 9.84. The quantitative estimate of drug-likeness (QED) is 0.860. The summed E-state index contributed by atoms with van der Waals surface area (Å²) < 4.78 is 7.61. The first-order valence-corrected chi connectivity index (χ1v) is 8.00. The highest BCUT2D eigenvalue weighted by Crippen LogP contribution is 2.38. The van der Waals surface area contributed by atoms with E-state index in [2.05, 4.69) is 34.2 Å². The lowest BCUT2D eigenvalue weighted by molar-refractivity contribution is 0.0793. The molecule has 5 heteroatoms. The molecule has 1 aliphatic heterocycles. The molecule has 2 heterocycles. The molecule has 0 spiro atoms. The van der Waals surface area contributed by atoms with Crippen molar-refractivity contribution >= 4 is 38.9 Å². The van der Waals surface area contributed by atoms with Gasteiger partial charge in [-0.25, -0.2) is 0 Å². The Morgan fingerprint density at radius 3 is 3.06 bits per heavy atom. The average Bonchev–Trinajstić information content (AvgIpc) is 2.92. The number of halogens is 2. The van der Waals surface area contributed by atoms with E-state index in [4.69, 9.17) is 16.3 Å². The van der Waals surface area contributed by atoms with Crippen LogP contribution in [0.1, 0.15) is 37.1 Å². The van der Waals surface area contributed by atoms with Gasteiger partial charge in [-0.2, -0.15) is 0 Å². The van der Waals surface area contributed by atoms with Gasteiger partial charge in [-0.15, -0.1) is 11.3 Å². The van der Waals surface area contributed by atoms with Crippen LogP contribution >= 0.6 is 38.9 Å². The molecule has 1 fully saturated rings. The largest absolute Gasteiger partial charge is 0.376 e. The highest BCUT2D eigenvalue weighted by atomic mass is 79.9. The van der Waals surface area contributed by atoms with Gasteiger partial charge in [0.2, 0.25) is 0 Å². The fraction of sp³-hybridized carbons (Fsp3) is 0.667. The maximum absolute atomic E-state index is 6.12. The third kappa shape index (κ3) is 3.44. The standard InChI is InChI=1S/C12H17BrClNOS/c1-2-5-15-11(9-4-3-6-16-9)10-7-8(13)12(14)17-10/h7,9,11,15H,2-6H2,1H3. The molecule has 2 rings (SSSR count). The summed E-state index contributed by atoms with van der Waals surface area (Å²) in [7, 11) is 0. The van der Waals surface area contributed by atoms with Gasteiger partial charge in [-0.3, -0.25) is 0 Å². The van der Waals surface area contributed by atoms with Crippen LogP contribution in [0.3, 0.4) is 0 Å². The minimum atomic E-state index is 0.284. The van der Waals surface area contributed by atoms with Gasteiger partial charge < -0.3 is 10.1 Å². The van der Waals surface area contributed by atoms with Crippen molar-refractivity contribution in [1.82, 2.24) is 5.32 Å². The van der Waals surface area contributed by atoms with E-state index in [1.165, 1.54) is 4.88 Å². The SMILES string of the molecule is CCCNC(c1cc(Br)c(Cl)s1)C1CCCO1. The van der Waals surface area contributed by atoms with E-state index in [0.29, 0.717) is 6.10 Å². The van der Waals surface area contributed by atoms with Crippen molar-refractivity contribution in [1.29, 1.82) is 0 Å². The molecule has 2 unspecified atom stereocenters. The molecular formula is C12H17BrClNOS. The molecule has 1 aliphatic rings. The van der Waals surface area contributed by atoms with Crippen LogP contribution < -0.4 is 5.32 Å². The zero-order chi connectivity index (χ0) is 12.3. The summed E-state index contributed by atoms with van der Waals surface area (Å²) in [4.78, 5) is 1.27. The van der Waals surface area contributed by atoms with Gasteiger partial charge in [0, 0.05) is 16.0 Å². The van der Waals surface area contributed by atoms with Crippen LogP contribution in [0, 0.1) is 0 Å². The van der Waals surface area contributed by atoms with Crippen molar-refractivity contribution < 1.29 is 4.74 Å². The highest BCUT2D eigenvalue weighted by molar-refractivity contribution is 9.10. The smallest absolute Gasteiger partial charge is 0.107 e. The average molecular weight is 339 g/mol. The van der Waals surface area contributed by atoms with Crippen LogP contribution in [0.5, 0.6) is 0 Å². The summed E-state index contributed by atoms with van der Waals surface area (Å²) in [5, 5.41) is 3.57. The van der Waals surface area contributed by atoms with E-state index in [1.807, 2.05) is 0 Å². The molecule has 96 valence electrons. The number of hydrogen-bond acceptors (Lipinski definition) is 3. The van der Waals surface area contributed by atoms with Crippen LogP contribution in [-0.2, 0) is 4.74 Å². The van der Waals surface area contributed by atoms with Gasteiger partial charge >= 0.3 is 0 Å². The number of ether oxygens (including phenoxy) is 1. The Kier molecular flexibility index (Phi) is 5.30. The molecule has 1 saturated heterocycles. The molecule has 0 radical (unpaired) electrons. The Morgan fingerprint density at radius 1 is 1.71 bits per heavy atom. The van der Waals surface area contributed by atoms with Crippen LogP contribution in [0.15, 0.2) is 10.5 Å². The molecule has 2 atom stereocenters. The first-order valence-electron chi connectivity index (χ1n) is 6.02. The summed E-state index contributed by atoms with van der Waals surface area (Å²) in [6.07, 6.45) is 3.72. The Bertz CT molecular complexity index is 346. The van der Waals surface area contributed by atoms with Crippen molar-refractivity contribution in [3.8, 4) is 0 Å². The molecule has 0 aromatic carbocycles. The van der Waals surface area contributed by atoms with Crippen molar-refractivity contribution in [2.75, 3.05) is 13.2 Å². The molecule has 0 bridgehead atoms. The van der Waals surface area contributed by atoms with Crippen LogP contribution in [0.4, 0.5) is 0 Å². The van der Waals surface area contributed by atoms with Crippen LogP contribution in [0.2, 0.25) is 4.34 Å². The van der Waals surface area contributed by atoms with Gasteiger partial charge in [-0.1, -0.05) is 18.5 Å². The van der Waals surface area contributed by atoms with Crippen molar-refractivity contribution in [2.24, 2.45) is 0 Å². The number of nitrogens with one attached hydrogen (secondary N) is 1. The van der Waals surface area contributed by atoms with Gasteiger partial charge in [0.25, 0.3) is 0 Å². The Hall–Kier alpha value is 0.390. The highest BCUT2D eigenvalue weighted by Gasteiger charge is 2.28. The lowest BCUT2D eigenvalue weighted by Crippen LogP contribution is -2.31.